The number of aliphatic hydroxyl groups excluding tert-OH is 1. The molecule has 0 fully saturated rings. The van der Waals surface area contributed by atoms with Gasteiger partial charge in [-0.1, -0.05) is 0 Å². The van der Waals surface area contributed by atoms with Gasteiger partial charge in [0.25, 0.3) is 5.91 Å². The Hall–Kier alpha value is -2.22. The molecule has 4 N–H and O–H groups in total. The Morgan fingerprint density at radius 2 is 2.11 bits per heavy atom. The van der Waals surface area contributed by atoms with E-state index in [0.29, 0.717) is 5.82 Å². The van der Waals surface area contributed by atoms with Crippen LogP contribution in [-0.4, -0.2) is 58.8 Å². The highest BCUT2D eigenvalue weighted by Gasteiger charge is 2.12. The molecule has 0 bridgehead atoms. The van der Waals surface area contributed by atoms with Crippen LogP contribution in [0.3, 0.4) is 0 Å². The minimum Gasteiger partial charge on any atom is -0.381 e. The second-order valence-corrected chi connectivity index (χ2v) is 3.80. The van der Waals surface area contributed by atoms with Crippen molar-refractivity contribution in [1.29, 1.82) is 0 Å². The van der Waals surface area contributed by atoms with Gasteiger partial charge in [0, 0.05) is 14.1 Å². The first kappa shape index (κ1) is 13.8. The Balaban J connectivity index is 2.61. The van der Waals surface area contributed by atoms with E-state index in [2.05, 4.69) is 15.5 Å². The number of nitrogens with zero attached hydrogens (tertiary/aromatic N) is 3. The minimum absolute atomic E-state index is 0.0645. The molecule has 1 atom stereocenters. The molecule has 0 aliphatic carbocycles. The molecule has 8 heteroatoms. The van der Waals surface area contributed by atoms with Gasteiger partial charge in [-0.15, -0.1) is 10.2 Å². The number of primary amides is 1. The summed E-state index contributed by atoms with van der Waals surface area (Å²) in [5.41, 5.74) is 5.09. The van der Waals surface area contributed by atoms with Gasteiger partial charge in [0.05, 0.1) is 6.54 Å². The first-order valence-corrected chi connectivity index (χ1v) is 5.18. The van der Waals surface area contributed by atoms with Crippen molar-refractivity contribution in [1.82, 2.24) is 15.1 Å². The van der Waals surface area contributed by atoms with Gasteiger partial charge in [-0.2, -0.15) is 0 Å². The average Bonchev–Trinajstić information content (AvgIpc) is 2.35. The van der Waals surface area contributed by atoms with Crippen LogP contribution in [0.4, 0.5) is 5.82 Å². The van der Waals surface area contributed by atoms with Crippen LogP contribution in [-0.2, 0) is 4.79 Å². The Bertz CT molecular complexity index is 432. The fourth-order valence-corrected chi connectivity index (χ4v) is 1.07. The molecule has 0 aliphatic rings. The van der Waals surface area contributed by atoms with Crippen molar-refractivity contribution in [3.8, 4) is 0 Å². The summed E-state index contributed by atoms with van der Waals surface area (Å²) >= 11 is 0. The van der Waals surface area contributed by atoms with Crippen molar-refractivity contribution in [3.05, 3.63) is 17.8 Å². The Morgan fingerprint density at radius 3 is 2.56 bits per heavy atom. The Kier molecular flexibility index (Phi) is 4.55. The molecule has 0 aliphatic heterocycles. The summed E-state index contributed by atoms with van der Waals surface area (Å²) in [5, 5.41) is 19.3. The lowest BCUT2D eigenvalue weighted by Crippen LogP contribution is -2.34. The number of carbonyl (C=O) groups is 2. The number of hydrogen-bond donors (Lipinski definition) is 3. The van der Waals surface area contributed by atoms with E-state index >= 15 is 0 Å². The van der Waals surface area contributed by atoms with Crippen LogP contribution < -0.4 is 11.1 Å². The van der Waals surface area contributed by atoms with E-state index in [1.807, 2.05) is 0 Å². The van der Waals surface area contributed by atoms with Crippen molar-refractivity contribution < 1.29 is 14.7 Å². The van der Waals surface area contributed by atoms with Crippen LogP contribution in [0.25, 0.3) is 0 Å². The molecule has 1 rings (SSSR count). The van der Waals surface area contributed by atoms with E-state index in [1.54, 1.807) is 14.1 Å². The number of carbonyl (C=O) groups excluding carboxylic acids is 2. The average molecular weight is 253 g/mol. The molecule has 8 nitrogen and oxygen atoms in total. The molecule has 1 heterocycles. The molecule has 0 radical (unpaired) electrons. The van der Waals surface area contributed by atoms with Crippen LogP contribution in [0, 0.1) is 0 Å². The molecular weight excluding hydrogens is 238 g/mol. The largest absolute Gasteiger partial charge is 0.381 e. The molecule has 0 saturated carbocycles. The summed E-state index contributed by atoms with van der Waals surface area (Å²) in [4.78, 5) is 23.5. The third-order valence-corrected chi connectivity index (χ3v) is 2.09. The van der Waals surface area contributed by atoms with E-state index in [-0.39, 0.29) is 18.1 Å². The molecule has 0 spiro atoms. The van der Waals surface area contributed by atoms with Crippen molar-refractivity contribution in [2.45, 2.75) is 6.10 Å². The first-order valence-electron chi connectivity index (χ1n) is 5.18. The summed E-state index contributed by atoms with van der Waals surface area (Å²) in [5.74, 6) is -0.744. The summed E-state index contributed by atoms with van der Waals surface area (Å²) in [6.45, 7) is -0.0645. The molecule has 1 aromatic heterocycles. The molecule has 2 amide bonds. The maximum Gasteiger partial charge on any atom is 0.273 e. The van der Waals surface area contributed by atoms with Crippen LogP contribution >= 0.6 is 0 Å². The zero-order valence-corrected chi connectivity index (χ0v) is 10.1. The predicted octanol–water partition coefficient (Wildman–Crippen LogP) is -1.56. The highest BCUT2D eigenvalue weighted by atomic mass is 16.3. The number of hydrogen-bond acceptors (Lipinski definition) is 6. The van der Waals surface area contributed by atoms with Gasteiger partial charge >= 0.3 is 0 Å². The van der Waals surface area contributed by atoms with E-state index < -0.39 is 12.0 Å². The number of anilines is 1. The van der Waals surface area contributed by atoms with Gasteiger partial charge < -0.3 is 21.1 Å². The van der Waals surface area contributed by atoms with Crippen LogP contribution in [0.1, 0.15) is 10.5 Å². The van der Waals surface area contributed by atoms with Gasteiger partial charge in [-0.3, -0.25) is 9.59 Å². The van der Waals surface area contributed by atoms with Crippen molar-refractivity contribution >= 4 is 17.6 Å². The SMILES string of the molecule is CN(C)C(=O)c1ccc(NCC(O)C(N)=O)nn1. The third kappa shape index (κ3) is 3.67. The van der Waals surface area contributed by atoms with Gasteiger partial charge in [-0.25, -0.2) is 0 Å². The van der Waals surface area contributed by atoms with Crippen LogP contribution in [0.2, 0.25) is 0 Å². The van der Waals surface area contributed by atoms with Crippen LogP contribution in [0.5, 0.6) is 0 Å². The lowest BCUT2D eigenvalue weighted by Gasteiger charge is -2.10. The standard InChI is InChI=1S/C10H15N5O3/c1-15(2)10(18)6-3-4-8(14-13-6)12-5-7(16)9(11)17/h3-4,7,16H,5H2,1-2H3,(H2,11,17)(H,12,14). The third-order valence-electron chi connectivity index (χ3n) is 2.09. The van der Waals surface area contributed by atoms with Crippen molar-refractivity contribution in [2.24, 2.45) is 5.73 Å². The smallest absolute Gasteiger partial charge is 0.273 e. The molecule has 1 aromatic rings. The van der Waals surface area contributed by atoms with E-state index in [9.17, 15) is 9.59 Å². The van der Waals surface area contributed by atoms with Crippen molar-refractivity contribution in [2.75, 3.05) is 26.0 Å². The van der Waals surface area contributed by atoms with Crippen molar-refractivity contribution in [3.63, 3.8) is 0 Å². The summed E-state index contributed by atoms with van der Waals surface area (Å²) in [6.07, 6.45) is -1.30. The molecule has 18 heavy (non-hydrogen) atoms. The number of nitrogens with two attached hydrogens (primary N) is 1. The number of aliphatic hydroxyl groups is 1. The Morgan fingerprint density at radius 1 is 1.44 bits per heavy atom. The van der Waals surface area contributed by atoms with Gasteiger partial charge in [0.1, 0.15) is 11.9 Å². The summed E-state index contributed by atoms with van der Waals surface area (Å²) in [6, 6.07) is 3.02. The van der Waals surface area contributed by atoms with E-state index in [4.69, 9.17) is 10.8 Å². The highest BCUT2D eigenvalue weighted by molar-refractivity contribution is 5.91. The minimum atomic E-state index is -1.30. The zero-order valence-electron chi connectivity index (χ0n) is 10.1. The number of aromatic nitrogens is 2. The van der Waals surface area contributed by atoms with E-state index in [1.165, 1.54) is 17.0 Å². The Labute approximate surface area is 104 Å². The fourth-order valence-electron chi connectivity index (χ4n) is 1.07. The number of amides is 2. The monoisotopic (exact) mass is 253 g/mol. The van der Waals surface area contributed by atoms with Gasteiger partial charge in [-0.05, 0) is 12.1 Å². The lowest BCUT2D eigenvalue weighted by molar-refractivity contribution is -0.125. The topological polar surface area (TPSA) is 121 Å². The molecular formula is C10H15N5O3. The normalized spacial score (nSPS) is 11.7. The number of rotatable bonds is 5. The quantitative estimate of drug-likeness (QED) is 0.583. The van der Waals surface area contributed by atoms with Crippen LogP contribution in [0.15, 0.2) is 12.1 Å². The second kappa shape index (κ2) is 5.92. The maximum atomic E-state index is 11.5. The second-order valence-electron chi connectivity index (χ2n) is 3.80. The predicted molar refractivity (Wildman–Crippen MR) is 63.7 cm³/mol. The number of nitrogens with one attached hydrogen (secondary N) is 1. The molecule has 98 valence electrons. The summed E-state index contributed by atoms with van der Waals surface area (Å²) < 4.78 is 0. The maximum absolute atomic E-state index is 11.5. The zero-order chi connectivity index (χ0) is 13.7. The fraction of sp³-hybridized carbons (Fsp3) is 0.400. The summed E-state index contributed by atoms with van der Waals surface area (Å²) in [7, 11) is 3.22. The van der Waals surface area contributed by atoms with Gasteiger partial charge in [0.2, 0.25) is 5.91 Å². The molecule has 0 aromatic carbocycles. The highest BCUT2D eigenvalue weighted by Crippen LogP contribution is 2.03. The van der Waals surface area contributed by atoms with Gasteiger partial charge in [0.15, 0.2) is 5.69 Å². The van der Waals surface area contributed by atoms with E-state index in [0.717, 1.165) is 0 Å². The molecule has 1 unspecified atom stereocenters. The first-order chi connectivity index (χ1) is 8.41. The lowest BCUT2D eigenvalue weighted by atomic mass is 10.3. The molecule has 0 saturated heterocycles.